The minimum absolute atomic E-state index is 0. The van der Waals surface area contributed by atoms with Crippen molar-refractivity contribution in [2.24, 2.45) is 0 Å². The van der Waals surface area contributed by atoms with Gasteiger partial charge >= 0.3 is 5.97 Å². The van der Waals surface area contributed by atoms with Gasteiger partial charge in [0.05, 0.1) is 30.5 Å². The number of nitrogens with one attached hydrogen (secondary N) is 2. The second-order valence-electron chi connectivity index (χ2n) is 6.77. The molecule has 1 unspecified atom stereocenters. The van der Waals surface area contributed by atoms with Crippen LogP contribution in [0.2, 0.25) is 0 Å². The van der Waals surface area contributed by atoms with Crippen molar-refractivity contribution >= 4 is 47.7 Å². The van der Waals surface area contributed by atoms with E-state index in [9.17, 15) is 9.59 Å². The number of carbonyl (C=O) groups excluding carboxylic acids is 2. The van der Waals surface area contributed by atoms with Crippen LogP contribution in [0.25, 0.3) is 11.0 Å². The first-order chi connectivity index (χ1) is 12.5. The fourth-order valence-electron chi connectivity index (χ4n) is 3.42. The molecule has 0 bridgehead atoms. The number of H-pyrrole nitrogens is 1. The van der Waals surface area contributed by atoms with Gasteiger partial charge in [-0.05, 0) is 50.8 Å². The normalized spacial score (nSPS) is 15.9. The van der Waals surface area contributed by atoms with Gasteiger partial charge in [-0.2, -0.15) is 0 Å². The minimum Gasteiger partial charge on any atom is -0.465 e. The van der Waals surface area contributed by atoms with Crippen LogP contribution in [0, 0.1) is 0 Å². The number of amides is 1. The Kier molecular flexibility index (Phi) is 9.20. The number of piperidine rings is 1. The number of aromatic nitrogens is 2. The number of hydrogen-bond donors (Lipinski definition) is 2. The SMILES string of the molecule is CCOC(=O)CNC(C)(C(=O)N1CCCCC1)c1ccc2[nH]cnc2c1.Cl.Cl. The van der Waals surface area contributed by atoms with Gasteiger partial charge in [-0.1, -0.05) is 6.07 Å². The number of ether oxygens (including phenoxy) is 1. The molecule has 1 aliphatic heterocycles. The summed E-state index contributed by atoms with van der Waals surface area (Å²) in [6.07, 6.45) is 4.80. The third-order valence-corrected chi connectivity index (χ3v) is 4.96. The Morgan fingerprint density at radius 3 is 2.64 bits per heavy atom. The highest BCUT2D eigenvalue weighted by molar-refractivity contribution is 5.89. The fourth-order valence-corrected chi connectivity index (χ4v) is 3.42. The van der Waals surface area contributed by atoms with Crippen LogP contribution in [-0.2, 0) is 19.9 Å². The molecular weight excluding hydrogens is 403 g/mol. The van der Waals surface area contributed by atoms with E-state index in [4.69, 9.17) is 4.74 Å². The Morgan fingerprint density at radius 2 is 1.96 bits per heavy atom. The summed E-state index contributed by atoms with van der Waals surface area (Å²) in [4.78, 5) is 34.4. The summed E-state index contributed by atoms with van der Waals surface area (Å²) >= 11 is 0. The Hall–Kier alpha value is -1.83. The van der Waals surface area contributed by atoms with E-state index in [1.165, 1.54) is 0 Å². The summed E-state index contributed by atoms with van der Waals surface area (Å²) < 4.78 is 5.01. The number of carbonyl (C=O) groups is 2. The zero-order valence-electron chi connectivity index (χ0n) is 16.2. The molecule has 28 heavy (non-hydrogen) atoms. The van der Waals surface area contributed by atoms with Crippen molar-refractivity contribution < 1.29 is 14.3 Å². The molecule has 2 aromatic rings. The largest absolute Gasteiger partial charge is 0.465 e. The molecule has 0 aliphatic carbocycles. The van der Waals surface area contributed by atoms with Gasteiger partial charge in [0.2, 0.25) is 5.91 Å². The van der Waals surface area contributed by atoms with E-state index in [-0.39, 0.29) is 43.2 Å². The average Bonchev–Trinajstić information content (AvgIpc) is 3.14. The number of rotatable bonds is 6. The van der Waals surface area contributed by atoms with E-state index in [2.05, 4.69) is 15.3 Å². The summed E-state index contributed by atoms with van der Waals surface area (Å²) in [5, 5.41) is 3.15. The van der Waals surface area contributed by atoms with E-state index < -0.39 is 5.54 Å². The lowest BCUT2D eigenvalue weighted by Crippen LogP contribution is -2.56. The van der Waals surface area contributed by atoms with Gasteiger partial charge in [0.15, 0.2) is 0 Å². The Labute approximate surface area is 177 Å². The van der Waals surface area contributed by atoms with E-state index in [1.54, 1.807) is 13.3 Å². The minimum atomic E-state index is -1.02. The topological polar surface area (TPSA) is 87.3 Å². The Bertz CT molecular complexity index is 792. The van der Waals surface area contributed by atoms with Crippen LogP contribution in [-0.4, -0.2) is 53.0 Å². The lowest BCUT2D eigenvalue weighted by atomic mass is 9.89. The molecule has 1 saturated heterocycles. The second kappa shape index (κ2) is 10.6. The lowest BCUT2D eigenvalue weighted by Gasteiger charge is -2.37. The zero-order chi connectivity index (χ0) is 18.6. The maximum atomic E-state index is 13.3. The molecule has 1 aromatic carbocycles. The predicted octanol–water partition coefficient (Wildman–Crippen LogP) is 2.79. The van der Waals surface area contributed by atoms with E-state index in [0.29, 0.717) is 6.61 Å². The van der Waals surface area contributed by atoms with Crippen molar-refractivity contribution in [2.45, 2.75) is 38.6 Å². The number of fused-ring (bicyclic) bond motifs is 1. The monoisotopic (exact) mass is 430 g/mol. The molecule has 0 spiro atoms. The molecule has 2 heterocycles. The Morgan fingerprint density at radius 1 is 1.25 bits per heavy atom. The van der Waals surface area contributed by atoms with Gasteiger partial charge in [0.1, 0.15) is 5.54 Å². The number of hydrogen-bond acceptors (Lipinski definition) is 5. The summed E-state index contributed by atoms with van der Waals surface area (Å²) in [6.45, 7) is 5.39. The Balaban J connectivity index is 0.00000196. The van der Waals surface area contributed by atoms with Crippen LogP contribution >= 0.6 is 24.8 Å². The highest BCUT2D eigenvalue weighted by Gasteiger charge is 2.39. The third-order valence-electron chi connectivity index (χ3n) is 4.96. The number of likely N-dealkylation sites (tertiary alicyclic amines) is 1. The summed E-state index contributed by atoms with van der Waals surface area (Å²) in [6, 6.07) is 5.71. The highest BCUT2D eigenvalue weighted by Crippen LogP contribution is 2.27. The van der Waals surface area contributed by atoms with Crippen LogP contribution in [0.3, 0.4) is 0 Å². The van der Waals surface area contributed by atoms with E-state index >= 15 is 0 Å². The molecule has 0 radical (unpaired) electrons. The molecule has 1 aromatic heterocycles. The summed E-state index contributed by atoms with van der Waals surface area (Å²) in [5.41, 5.74) is 1.47. The molecule has 1 amide bonds. The highest BCUT2D eigenvalue weighted by atomic mass is 35.5. The molecule has 3 rings (SSSR count). The number of esters is 1. The first-order valence-electron chi connectivity index (χ1n) is 9.18. The maximum absolute atomic E-state index is 13.3. The molecule has 0 saturated carbocycles. The second-order valence-corrected chi connectivity index (χ2v) is 6.77. The molecular formula is C19H28Cl2N4O3. The molecule has 9 heteroatoms. The van der Waals surface area contributed by atoms with Gasteiger partial charge in [-0.3, -0.25) is 14.9 Å². The van der Waals surface area contributed by atoms with Gasteiger partial charge in [-0.25, -0.2) is 4.98 Å². The third kappa shape index (κ3) is 5.16. The van der Waals surface area contributed by atoms with Crippen LogP contribution in [0.15, 0.2) is 24.5 Å². The maximum Gasteiger partial charge on any atom is 0.319 e. The first-order valence-corrected chi connectivity index (χ1v) is 9.18. The zero-order valence-corrected chi connectivity index (χ0v) is 17.8. The average molecular weight is 431 g/mol. The van der Waals surface area contributed by atoms with Crippen molar-refractivity contribution in [1.82, 2.24) is 20.2 Å². The molecule has 2 N–H and O–H groups in total. The predicted molar refractivity (Wildman–Crippen MR) is 113 cm³/mol. The molecule has 1 fully saturated rings. The summed E-state index contributed by atoms with van der Waals surface area (Å²) in [5.74, 6) is -0.387. The van der Waals surface area contributed by atoms with E-state index in [1.807, 2.05) is 30.0 Å². The molecule has 1 atom stereocenters. The lowest BCUT2D eigenvalue weighted by molar-refractivity contribution is -0.144. The standard InChI is InChI=1S/C19H26N4O3.2ClH/c1-3-26-17(24)12-22-19(2,18(25)23-9-5-4-6-10-23)14-7-8-15-16(11-14)21-13-20-15;;/h7-8,11,13,22H,3-6,9-10,12H2,1-2H3,(H,20,21);2*1H. The number of halogens is 2. The van der Waals surface area contributed by atoms with Crippen molar-refractivity contribution in [1.29, 1.82) is 0 Å². The van der Waals surface area contributed by atoms with Crippen LogP contribution in [0.4, 0.5) is 0 Å². The summed E-state index contributed by atoms with van der Waals surface area (Å²) in [7, 11) is 0. The number of aromatic amines is 1. The molecule has 156 valence electrons. The van der Waals surface area contributed by atoms with Crippen LogP contribution in [0.5, 0.6) is 0 Å². The van der Waals surface area contributed by atoms with E-state index in [0.717, 1.165) is 48.9 Å². The first kappa shape index (κ1) is 24.2. The fraction of sp³-hybridized carbons (Fsp3) is 0.526. The van der Waals surface area contributed by atoms with Crippen molar-refractivity contribution in [3.8, 4) is 0 Å². The van der Waals surface area contributed by atoms with Crippen LogP contribution in [0.1, 0.15) is 38.7 Å². The van der Waals surface area contributed by atoms with Crippen LogP contribution < -0.4 is 5.32 Å². The van der Waals surface area contributed by atoms with Gasteiger partial charge in [0, 0.05) is 13.1 Å². The number of benzene rings is 1. The molecule has 7 nitrogen and oxygen atoms in total. The number of nitrogens with zero attached hydrogens (tertiary/aromatic N) is 2. The van der Waals surface area contributed by atoms with Gasteiger partial charge in [0.25, 0.3) is 0 Å². The van der Waals surface area contributed by atoms with Crippen molar-refractivity contribution in [3.05, 3.63) is 30.1 Å². The van der Waals surface area contributed by atoms with Gasteiger partial charge < -0.3 is 14.6 Å². The quantitative estimate of drug-likeness (QED) is 0.687. The molecule has 1 aliphatic rings. The smallest absolute Gasteiger partial charge is 0.319 e. The van der Waals surface area contributed by atoms with Gasteiger partial charge in [-0.15, -0.1) is 24.8 Å². The van der Waals surface area contributed by atoms with Crippen molar-refractivity contribution in [2.75, 3.05) is 26.2 Å². The number of imidazole rings is 1. The van der Waals surface area contributed by atoms with Crippen molar-refractivity contribution in [3.63, 3.8) is 0 Å².